The highest BCUT2D eigenvalue weighted by Gasteiger charge is 2.46. The fraction of sp³-hybridized carbons (Fsp3) is 0.538. The second-order valence-corrected chi connectivity index (χ2v) is 7.46. The van der Waals surface area contributed by atoms with E-state index in [1.807, 2.05) is 0 Å². The van der Waals surface area contributed by atoms with Gasteiger partial charge in [-0.3, -0.25) is 0 Å². The second-order valence-electron chi connectivity index (χ2n) is 4.67. The zero-order valence-electron chi connectivity index (χ0n) is 11.1. The summed E-state index contributed by atoms with van der Waals surface area (Å²) >= 11 is 5.84. The Kier molecular flexibility index (Phi) is 4.71. The first-order chi connectivity index (χ1) is 9.41. The Bertz CT molecular complexity index is 557. The third-order valence-corrected chi connectivity index (χ3v) is 5.15. The van der Waals surface area contributed by atoms with Crippen LogP contribution in [0.2, 0.25) is 5.02 Å². The molecule has 7 heteroatoms. The van der Waals surface area contributed by atoms with E-state index in [2.05, 4.69) is 0 Å². The van der Waals surface area contributed by atoms with E-state index in [-0.39, 0.29) is 24.7 Å². The van der Waals surface area contributed by atoms with E-state index in [4.69, 9.17) is 26.2 Å². The van der Waals surface area contributed by atoms with Gasteiger partial charge < -0.3 is 14.6 Å². The van der Waals surface area contributed by atoms with Crippen molar-refractivity contribution in [3.8, 4) is 0 Å². The first kappa shape index (κ1) is 15.7. The van der Waals surface area contributed by atoms with E-state index in [9.17, 15) is 8.42 Å². The van der Waals surface area contributed by atoms with Gasteiger partial charge >= 0.3 is 0 Å². The van der Waals surface area contributed by atoms with Gasteiger partial charge in [0.25, 0.3) is 0 Å². The maximum atomic E-state index is 11.9. The number of aliphatic hydroxyl groups excluding tert-OH is 1. The molecule has 1 heterocycles. The molecule has 1 aliphatic rings. The van der Waals surface area contributed by atoms with E-state index in [0.717, 1.165) is 0 Å². The Balaban J connectivity index is 2.37. The van der Waals surface area contributed by atoms with Crippen LogP contribution in [0, 0.1) is 0 Å². The zero-order chi connectivity index (χ0) is 14.8. The first-order valence-electron chi connectivity index (χ1n) is 6.30. The summed E-state index contributed by atoms with van der Waals surface area (Å²) in [5, 5.41) is 9.71. The summed E-state index contributed by atoms with van der Waals surface area (Å²) in [5.74, 6) is -1.65. The molecular formula is C13H17ClO5S. The van der Waals surface area contributed by atoms with Gasteiger partial charge in [0, 0.05) is 16.3 Å². The zero-order valence-corrected chi connectivity index (χ0v) is 12.7. The second kappa shape index (κ2) is 5.99. The van der Waals surface area contributed by atoms with Crippen LogP contribution in [0.15, 0.2) is 24.3 Å². The minimum atomic E-state index is -3.32. The number of hydrogen-bond donors (Lipinski definition) is 1. The topological polar surface area (TPSA) is 72.8 Å². The van der Waals surface area contributed by atoms with E-state index in [0.29, 0.717) is 10.6 Å². The molecule has 0 spiro atoms. The van der Waals surface area contributed by atoms with Crippen molar-refractivity contribution in [2.45, 2.75) is 18.8 Å². The molecule has 0 aliphatic carbocycles. The van der Waals surface area contributed by atoms with Crippen LogP contribution in [-0.2, 0) is 25.1 Å². The predicted octanol–water partition coefficient (Wildman–Crippen LogP) is 1.34. The highest BCUT2D eigenvalue weighted by atomic mass is 35.5. The molecule has 5 nitrogen and oxygen atoms in total. The maximum absolute atomic E-state index is 11.9. The molecule has 2 rings (SSSR count). The summed E-state index contributed by atoms with van der Waals surface area (Å²) in [6, 6.07) is 6.65. The van der Waals surface area contributed by atoms with Crippen LogP contribution in [-0.4, -0.2) is 44.3 Å². The number of aliphatic hydroxyl groups is 1. The normalized spacial score (nSPS) is 26.9. The quantitative estimate of drug-likeness (QED) is 0.886. The monoisotopic (exact) mass is 320 g/mol. The minimum Gasteiger partial charge on any atom is -0.394 e. The minimum absolute atomic E-state index is 0.00114. The smallest absolute Gasteiger partial charge is 0.209 e. The summed E-state index contributed by atoms with van der Waals surface area (Å²) in [6.07, 6.45) is -0.530. The largest absolute Gasteiger partial charge is 0.394 e. The molecule has 0 saturated carbocycles. The molecule has 1 saturated heterocycles. The van der Waals surface area contributed by atoms with E-state index in [1.165, 1.54) is 0 Å². The lowest BCUT2D eigenvalue weighted by Crippen LogP contribution is -2.37. The fourth-order valence-corrected chi connectivity index (χ4v) is 3.29. The summed E-state index contributed by atoms with van der Waals surface area (Å²) in [7, 11) is -3.32. The van der Waals surface area contributed by atoms with Gasteiger partial charge in [-0.05, 0) is 12.1 Å². The lowest BCUT2D eigenvalue weighted by Gasteiger charge is -2.28. The van der Waals surface area contributed by atoms with Crippen molar-refractivity contribution in [1.82, 2.24) is 0 Å². The van der Waals surface area contributed by atoms with Crippen molar-refractivity contribution >= 4 is 21.4 Å². The molecule has 1 fully saturated rings. The van der Waals surface area contributed by atoms with Gasteiger partial charge in [-0.2, -0.15) is 0 Å². The Hall–Kier alpha value is -0.660. The number of halogens is 1. The summed E-state index contributed by atoms with van der Waals surface area (Å²) in [6.45, 7) is 1.50. The van der Waals surface area contributed by atoms with Gasteiger partial charge in [0.1, 0.15) is 11.9 Å². The molecule has 0 bridgehead atoms. The van der Waals surface area contributed by atoms with Crippen LogP contribution in [0.4, 0.5) is 0 Å². The van der Waals surface area contributed by atoms with E-state index < -0.39 is 21.7 Å². The molecule has 2 atom stereocenters. The van der Waals surface area contributed by atoms with Gasteiger partial charge in [-0.15, -0.1) is 0 Å². The van der Waals surface area contributed by atoms with Gasteiger partial charge in [0.15, 0.2) is 9.84 Å². The Morgan fingerprint density at radius 1 is 1.40 bits per heavy atom. The highest BCUT2D eigenvalue weighted by molar-refractivity contribution is 7.91. The molecule has 0 aromatic heterocycles. The Morgan fingerprint density at radius 3 is 2.55 bits per heavy atom. The molecule has 1 aromatic carbocycles. The van der Waals surface area contributed by atoms with Gasteiger partial charge in [0.05, 0.1) is 13.2 Å². The summed E-state index contributed by atoms with van der Waals surface area (Å²) < 4.78 is 35.2. The summed E-state index contributed by atoms with van der Waals surface area (Å²) in [5.41, 5.74) is 0.579. The highest BCUT2D eigenvalue weighted by Crippen LogP contribution is 2.36. The molecule has 0 amide bonds. The van der Waals surface area contributed by atoms with Crippen LogP contribution < -0.4 is 0 Å². The Labute approximate surface area is 123 Å². The van der Waals surface area contributed by atoms with Crippen LogP contribution >= 0.6 is 11.6 Å². The molecule has 1 aliphatic heterocycles. The van der Waals surface area contributed by atoms with Crippen molar-refractivity contribution in [1.29, 1.82) is 0 Å². The van der Waals surface area contributed by atoms with Crippen molar-refractivity contribution in [3.05, 3.63) is 34.9 Å². The molecule has 112 valence electrons. The molecule has 1 N–H and O–H groups in total. The number of ether oxygens (including phenoxy) is 2. The van der Waals surface area contributed by atoms with Gasteiger partial charge in [0.2, 0.25) is 5.79 Å². The van der Waals surface area contributed by atoms with Crippen molar-refractivity contribution < 1.29 is 23.0 Å². The average Bonchev–Trinajstić information content (AvgIpc) is 2.83. The van der Waals surface area contributed by atoms with E-state index >= 15 is 0 Å². The van der Waals surface area contributed by atoms with Crippen LogP contribution in [0.1, 0.15) is 12.5 Å². The lowest BCUT2D eigenvalue weighted by molar-refractivity contribution is -0.162. The van der Waals surface area contributed by atoms with E-state index in [1.54, 1.807) is 31.2 Å². The van der Waals surface area contributed by atoms with Crippen LogP contribution in [0.3, 0.4) is 0 Å². The lowest BCUT2D eigenvalue weighted by atomic mass is 10.1. The number of benzene rings is 1. The van der Waals surface area contributed by atoms with Gasteiger partial charge in [-0.25, -0.2) is 8.42 Å². The average molecular weight is 321 g/mol. The Morgan fingerprint density at radius 2 is 2.05 bits per heavy atom. The maximum Gasteiger partial charge on any atom is 0.209 e. The molecule has 20 heavy (non-hydrogen) atoms. The van der Waals surface area contributed by atoms with Crippen LogP contribution in [0.25, 0.3) is 0 Å². The molecule has 1 aromatic rings. The number of rotatable bonds is 5. The third kappa shape index (κ3) is 3.32. The number of hydrogen-bond acceptors (Lipinski definition) is 5. The van der Waals surface area contributed by atoms with Gasteiger partial charge in [-0.1, -0.05) is 30.7 Å². The molecular weight excluding hydrogens is 304 g/mol. The standard InChI is InChI=1S/C13H17ClO5S/c1-2-20(16,17)9-13(18-8-12(7-15)19-13)10-3-5-11(14)6-4-10/h3-6,12,15H,2,7-9H2,1H3/t12-,13-/m1/s1. The predicted molar refractivity (Wildman–Crippen MR) is 75.4 cm³/mol. The molecule has 0 radical (unpaired) electrons. The SMILES string of the molecule is CCS(=O)(=O)C[C@@]1(c2ccc(Cl)cc2)OC[C@@H](CO)O1. The summed E-state index contributed by atoms with van der Waals surface area (Å²) in [4.78, 5) is 0. The molecule has 0 unspecified atom stereocenters. The van der Waals surface area contributed by atoms with Crippen molar-refractivity contribution in [2.24, 2.45) is 0 Å². The van der Waals surface area contributed by atoms with Crippen molar-refractivity contribution in [2.75, 3.05) is 24.7 Å². The first-order valence-corrected chi connectivity index (χ1v) is 8.50. The third-order valence-electron chi connectivity index (χ3n) is 3.20. The van der Waals surface area contributed by atoms with Crippen LogP contribution in [0.5, 0.6) is 0 Å². The van der Waals surface area contributed by atoms with Crippen molar-refractivity contribution in [3.63, 3.8) is 0 Å². The number of sulfone groups is 1. The fourth-order valence-electron chi connectivity index (χ4n) is 2.06.